The molecule has 9 heteroatoms. The normalized spacial score (nSPS) is 31.4. The minimum Gasteiger partial charge on any atom is -0.405 e. The molecular formula is C16H27O8P. The van der Waals surface area contributed by atoms with Gasteiger partial charge in [-0.25, -0.2) is 4.57 Å². The molecule has 0 N–H and O–H groups in total. The lowest BCUT2D eigenvalue weighted by Gasteiger charge is -2.23. The largest absolute Gasteiger partial charge is 0.530 e. The van der Waals surface area contributed by atoms with E-state index < -0.39 is 26.0 Å². The second-order valence-electron chi connectivity index (χ2n) is 5.97. The van der Waals surface area contributed by atoms with Gasteiger partial charge in [0.2, 0.25) is 0 Å². The highest BCUT2D eigenvalue weighted by Gasteiger charge is 2.54. The van der Waals surface area contributed by atoms with Crippen molar-refractivity contribution in [3.63, 3.8) is 0 Å². The van der Waals surface area contributed by atoms with Crippen LogP contribution in [0, 0.1) is 0 Å². The van der Waals surface area contributed by atoms with Crippen molar-refractivity contribution in [1.82, 2.24) is 0 Å². The standard InChI is InChI=1S/C16H27O8P/c1-7-19-25(17,20-8-2)24-11(3)9-10-12-13(18-6)14-15(21-12)23-16(4,5)22-14/h9-10,12-15H,3,7-8H2,1-2,4-6H3. The van der Waals surface area contributed by atoms with Crippen molar-refractivity contribution in [1.29, 1.82) is 0 Å². The van der Waals surface area contributed by atoms with E-state index >= 15 is 0 Å². The molecule has 0 aromatic heterocycles. The predicted molar refractivity (Wildman–Crippen MR) is 89.7 cm³/mol. The Morgan fingerprint density at radius 1 is 1.24 bits per heavy atom. The van der Waals surface area contributed by atoms with Crippen molar-refractivity contribution in [2.45, 2.75) is 58.1 Å². The van der Waals surface area contributed by atoms with E-state index in [0.29, 0.717) is 0 Å². The van der Waals surface area contributed by atoms with E-state index in [9.17, 15) is 4.57 Å². The molecule has 0 saturated carbocycles. The van der Waals surface area contributed by atoms with E-state index in [1.807, 2.05) is 13.8 Å². The predicted octanol–water partition coefficient (Wildman–Crippen LogP) is 3.15. The van der Waals surface area contributed by atoms with Crippen molar-refractivity contribution < 1.29 is 37.1 Å². The maximum atomic E-state index is 12.3. The van der Waals surface area contributed by atoms with Gasteiger partial charge in [-0.3, -0.25) is 9.05 Å². The average molecular weight is 378 g/mol. The molecule has 0 amide bonds. The smallest absolute Gasteiger partial charge is 0.405 e. The molecular weight excluding hydrogens is 351 g/mol. The molecule has 2 fully saturated rings. The number of ether oxygens (including phenoxy) is 4. The first kappa shape index (κ1) is 20.6. The summed E-state index contributed by atoms with van der Waals surface area (Å²) in [4.78, 5) is 0. The lowest BCUT2D eigenvalue weighted by Crippen LogP contribution is -2.35. The minimum absolute atomic E-state index is 0.128. The van der Waals surface area contributed by atoms with Gasteiger partial charge in [-0.2, -0.15) is 0 Å². The third-order valence-electron chi connectivity index (χ3n) is 3.57. The number of hydrogen-bond donors (Lipinski definition) is 0. The van der Waals surface area contributed by atoms with Crippen molar-refractivity contribution in [3.8, 4) is 0 Å². The van der Waals surface area contributed by atoms with Gasteiger partial charge in [-0.15, -0.1) is 0 Å². The zero-order chi connectivity index (χ0) is 18.7. The Hall–Kier alpha value is -0.730. The summed E-state index contributed by atoms with van der Waals surface area (Å²) < 4.78 is 50.5. The van der Waals surface area contributed by atoms with Crippen LogP contribution in [0.2, 0.25) is 0 Å². The molecule has 2 aliphatic heterocycles. The molecule has 0 spiro atoms. The lowest BCUT2D eigenvalue weighted by molar-refractivity contribution is -0.210. The number of methoxy groups -OCH3 is 1. The number of fused-ring (bicyclic) bond motifs is 1. The monoisotopic (exact) mass is 378 g/mol. The first-order valence-corrected chi connectivity index (χ1v) is 9.69. The van der Waals surface area contributed by atoms with E-state index in [2.05, 4.69) is 6.58 Å². The third-order valence-corrected chi connectivity index (χ3v) is 5.18. The van der Waals surface area contributed by atoms with Crippen LogP contribution in [0.3, 0.4) is 0 Å². The van der Waals surface area contributed by atoms with E-state index in [1.54, 1.807) is 27.0 Å². The average Bonchev–Trinajstić information content (AvgIpc) is 2.96. The Kier molecular flexibility index (Phi) is 6.84. The van der Waals surface area contributed by atoms with E-state index in [0.717, 1.165) is 0 Å². The first-order chi connectivity index (χ1) is 11.7. The molecule has 4 atom stereocenters. The summed E-state index contributed by atoms with van der Waals surface area (Å²) in [6.07, 6.45) is 1.62. The highest BCUT2D eigenvalue weighted by molar-refractivity contribution is 7.48. The van der Waals surface area contributed by atoms with Crippen LogP contribution < -0.4 is 0 Å². The second-order valence-corrected chi connectivity index (χ2v) is 7.56. The maximum absolute atomic E-state index is 12.3. The van der Waals surface area contributed by atoms with Gasteiger partial charge in [0.05, 0.1) is 13.2 Å². The quantitative estimate of drug-likeness (QED) is 0.344. The fraction of sp³-hybridized carbons (Fsp3) is 0.750. The molecule has 2 saturated heterocycles. The summed E-state index contributed by atoms with van der Waals surface area (Å²) in [5.74, 6) is -0.585. The van der Waals surface area contributed by atoms with Gasteiger partial charge in [0.15, 0.2) is 12.1 Å². The van der Waals surface area contributed by atoms with E-state index in [-0.39, 0.29) is 31.2 Å². The zero-order valence-electron chi connectivity index (χ0n) is 15.3. The molecule has 144 valence electrons. The number of allylic oxidation sites excluding steroid dienone is 1. The molecule has 2 heterocycles. The molecule has 8 nitrogen and oxygen atoms in total. The molecule has 25 heavy (non-hydrogen) atoms. The van der Waals surface area contributed by atoms with Gasteiger partial charge >= 0.3 is 7.82 Å². The highest BCUT2D eigenvalue weighted by Crippen LogP contribution is 2.51. The number of phosphoric acid groups is 1. The van der Waals surface area contributed by atoms with Crippen LogP contribution in [-0.2, 0) is 37.1 Å². The van der Waals surface area contributed by atoms with Crippen LogP contribution >= 0.6 is 7.82 Å². The van der Waals surface area contributed by atoms with Gasteiger partial charge < -0.3 is 23.5 Å². The minimum atomic E-state index is -3.67. The second kappa shape index (κ2) is 8.31. The first-order valence-electron chi connectivity index (χ1n) is 8.23. The molecule has 2 aliphatic rings. The summed E-state index contributed by atoms with van der Waals surface area (Å²) >= 11 is 0. The summed E-state index contributed by atoms with van der Waals surface area (Å²) in [6, 6.07) is 0. The SMILES string of the molecule is C=C(C=CC1OC2OC(C)(C)OC2C1OC)OP(=O)(OCC)OCC. The molecule has 4 unspecified atom stereocenters. The van der Waals surface area contributed by atoms with Gasteiger partial charge in [0.25, 0.3) is 0 Å². The summed E-state index contributed by atoms with van der Waals surface area (Å²) in [6.45, 7) is 11.1. The van der Waals surface area contributed by atoms with Gasteiger partial charge in [-0.1, -0.05) is 6.58 Å². The van der Waals surface area contributed by atoms with Crippen molar-refractivity contribution in [2.75, 3.05) is 20.3 Å². The number of rotatable bonds is 9. The maximum Gasteiger partial charge on any atom is 0.530 e. The van der Waals surface area contributed by atoms with Crippen LogP contribution in [0.25, 0.3) is 0 Å². The Morgan fingerprint density at radius 3 is 2.44 bits per heavy atom. The Labute approximate surface area is 148 Å². The zero-order valence-corrected chi connectivity index (χ0v) is 16.2. The third kappa shape index (κ3) is 5.14. The molecule has 0 aromatic carbocycles. The molecule has 2 rings (SSSR count). The van der Waals surface area contributed by atoms with Gasteiger partial charge in [0.1, 0.15) is 24.1 Å². The summed E-state index contributed by atoms with van der Waals surface area (Å²) in [5, 5.41) is 0. The summed E-state index contributed by atoms with van der Waals surface area (Å²) in [5.41, 5.74) is 0. The van der Waals surface area contributed by atoms with Crippen molar-refractivity contribution >= 4 is 7.82 Å². The topological polar surface area (TPSA) is 81.7 Å². The van der Waals surface area contributed by atoms with Gasteiger partial charge in [0, 0.05) is 7.11 Å². The fourth-order valence-electron chi connectivity index (χ4n) is 2.71. The van der Waals surface area contributed by atoms with E-state index in [4.69, 9.17) is 32.5 Å². The fourth-order valence-corrected chi connectivity index (χ4v) is 3.87. The van der Waals surface area contributed by atoms with Crippen LogP contribution in [0.4, 0.5) is 0 Å². The molecule has 0 radical (unpaired) electrons. The van der Waals surface area contributed by atoms with Crippen LogP contribution in [0.1, 0.15) is 27.7 Å². The van der Waals surface area contributed by atoms with Crippen LogP contribution in [0.15, 0.2) is 24.5 Å². The Bertz CT molecular complexity index is 536. The molecule has 0 aliphatic carbocycles. The lowest BCUT2D eigenvalue weighted by atomic mass is 10.1. The van der Waals surface area contributed by atoms with E-state index in [1.165, 1.54) is 6.08 Å². The Morgan fingerprint density at radius 2 is 1.88 bits per heavy atom. The Balaban J connectivity index is 1.97. The van der Waals surface area contributed by atoms with Crippen molar-refractivity contribution in [3.05, 3.63) is 24.5 Å². The van der Waals surface area contributed by atoms with Gasteiger partial charge in [-0.05, 0) is 39.8 Å². The molecule has 0 bridgehead atoms. The van der Waals surface area contributed by atoms with Crippen molar-refractivity contribution in [2.24, 2.45) is 0 Å². The summed E-state index contributed by atoms with van der Waals surface area (Å²) in [7, 11) is -2.09. The van der Waals surface area contributed by atoms with Crippen LogP contribution in [0.5, 0.6) is 0 Å². The highest BCUT2D eigenvalue weighted by atomic mass is 31.2. The number of hydrogen-bond acceptors (Lipinski definition) is 8. The number of phosphoric ester groups is 1. The molecule has 0 aromatic rings. The van der Waals surface area contributed by atoms with Crippen LogP contribution in [-0.4, -0.2) is 50.7 Å².